The van der Waals surface area contributed by atoms with Crippen molar-refractivity contribution in [2.24, 2.45) is 0 Å². The van der Waals surface area contributed by atoms with E-state index in [0.717, 1.165) is 54.0 Å². The zero-order chi connectivity index (χ0) is 25.4. The third-order valence-electron chi connectivity index (χ3n) is 6.79. The zero-order valence-corrected chi connectivity index (χ0v) is 20.4. The lowest BCUT2D eigenvalue weighted by molar-refractivity contribution is 0.0127. The first-order valence-electron chi connectivity index (χ1n) is 11.9. The lowest BCUT2D eigenvalue weighted by Crippen LogP contribution is -2.49. The van der Waals surface area contributed by atoms with Crippen LogP contribution in [0.1, 0.15) is 46.8 Å². The van der Waals surface area contributed by atoms with Crippen LogP contribution in [0.5, 0.6) is 0 Å². The van der Waals surface area contributed by atoms with Gasteiger partial charge in [0.05, 0.1) is 30.6 Å². The van der Waals surface area contributed by atoms with Gasteiger partial charge in [-0.2, -0.15) is 8.78 Å². The van der Waals surface area contributed by atoms with Crippen LogP contribution in [0.2, 0.25) is 0 Å². The van der Waals surface area contributed by atoms with Gasteiger partial charge in [-0.25, -0.2) is 0 Å². The number of aryl methyl sites for hydroxylation is 1. The van der Waals surface area contributed by atoms with Gasteiger partial charge in [-0.15, -0.1) is 0 Å². The van der Waals surface area contributed by atoms with Crippen LogP contribution in [-0.4, -0.2) is 48.8 Å². The summed E-state index contributed by atoms with van der Waals surface area (Å²) in [5.74, 6) is -3.62. The number of ether oxygens (including phenoxy) is 2. The number of anilines is 2. The van der Waals surface area contributed by atoms with E-state index >= 15 is 0 Å². The molecule has 0 aliphatic carbocycles. The number of carbonyl (C=O) groups excluding carboxylic acids is 1. The number of carbonyl (C=O) groups is 1. The van der Waals surface area contributed by atoms with Crippen LogP contribution in [-0.2, 0) is 15.4 Å². The molecule has 2 aliphatic rings. The van der Waals surface area contributed by atoms with Crippen LogP contribution in [0, 0.1) is 6.92 Å². The normalized spacial score (nSPS) is 19.4. The van der Waals surface area contributed by atoms with Gasteiger partial charge in [-0.05, 0) is 48.4 Å². The van der Waals surface area contributed by atoms with Gasteiger partial charge in [-0.1, -0.05) is 6.07 Å². The molecule has 2 aromatic heterocycles. The number of pyridine rings is 2. The van der Waals surface area contributed by atoms with Gasteiger partial charge in [0.2, 0.25) is 0 Å². The minimum atomic E-state index is -3.13. The van der Waals surface area contributed by atoms with Crippen molar-refractivity contribution in [2.75, 3.05) is 37.1 Å². The number of benzene rings is 1. The molecular weight excluding hydrogens is 466 g/mol. The minimum absolute atomic E-state index is 0.0931. The second kappa shape index (κ2) is 9.55. The molecule has 9 heteroatoms. The van der Waals surface area contributed by atoms with Gasteiger partial charge in [0.25, 0.3) is 11.8 Å². The maximum atomic E-state index is 13.7. The molecule has 5 rings (SSSR count). The maximum Gasteiger partial charge on any atom is 0.286 e. The number of aromatic nitrogens is 2. The molecule has 0 unspecified atom stereocenters. The highest BCUT2D eigenvalue weighted by molar-refractivity contribution is 6.04. The average molecular weight is 495 g/mol. The van der Waals surface area contributed by atoms with E-state index in [1.165, 1.54) is 12.3 Å². The summed E-state index contributed by atoms with van der Waals surface area (Å²) in [4.78, 5) is 23.6. The highest BCUT2D eigenvalue weighted by atomic mass is 19.3. The number of nitrogens with one attached hydrogen (secondary N) is 1. The molecule has 4 heterocycles. The van der Waals surface area contributed by atoms with Gasteiger partial charge in [0.15, 0.2) is 0 Å². The summed E-state index contributed by atoms with van der Waals surface area (Å²) in [6, 6.07) is 10.5. The summed E-state index contributed by atoms with van der Waals surface area (Å²) in [6.07, 6.45) is 3.78. The molecule has 2 aliphatic heterocycles. The van der Waals surface area contributed by atoms with E-state index in [2.05, 4.69) is 21.3 Å². The first-order chi connectivity index (χ1) is 17.2. The van der Waals surface area contributed by atoms with Crippen LogP contribution in [0.4, 0.5) is 20.2 Å². The van der Waals surface area contributed by atoms with Crippen molar-refractivity contribution in [1.29, 1.82) is 0 Å². The molecule has 1 aromatic carbocycles. The molecule has 1 saturated heterocycles. The van der Waals surface area contributed by atoms with Gasteiger partial charge in [0.1, 0.15) is 11.8 Å². The van der Waals surface area contributed by atoms with Crippen LogP contribution in [0.15, 0.2) is 48.8 Å². The number of rotatable bonds is 5. The van der Waals surface area contributed by atoms with Crippen molar-refractivity contribution in [3.05, 3.63) is 71.3 Å². The average Bonchev–Trinajstić information content (AvgIpc) is 2.88. The highest BCUT2D eigenvalue weighted by Gasteiger charge is 2.36. The number of hydrogen-bond donors (Lipinski definition) is 1. The Morgan fingerprint density at radius 2 is 2.06 bits per heavy atom. The number of hydrogen-bond acceptors (Lipinski definition) is 6. The van der Waals surface area contributed by atoms with E-state index in [9.17, 15) is 13.6 Å². The van der Waals surface area contributed by atoms with Crippen molar-refractivity contribution in [3.8, 4) is 11.1 Å². The molecular formula is C27H28F2N4O3. The number of amides is 1. The molecule has 3 aromatic rings. The maximum absolute atomic E-state index is 13.7. The Labute approximate surface area is 208 Å². The third kappa shape index (κ3) is 4.68. The largest absolute Gasteiger partial charge is 0.377 e. The van der Waals surface area contributed by atoms with Crippen molar-refractivity contribution in [1.82, 2.24) is 9.97 Å². The third-order valence-corrected chi connectivity index (χ3v) is 6.79. The summed E-state index contributed by atoms with van der Waals surface area (Å²) < 4.78 is 38.7. The zero-order valence-electron chi connectivity index (χ0n) is 20.4. The Kier molecular flexibility index (Phi) is 6.44. The fourth-order valence-electron chi connectivity index (χ4n) is 4.85. The van der Waals surface area contributed by atoms with E-state index in [1.54, 1.807) is 13.2 Å². The fraction of sp³-hybridized carbons (Fsp3) is 0.370. The monoisotopic (exact) mass is 494 g/mol. The lowest BCUT2D eigenvalue weighted by Gasteiger charge is -2.43. The molecule has 2 atom stereocenters. The molecule has 0 spiro atoms. The number of alkyl halides is 2. The summed E-state index contributed by atoms with van der Waals surface area (Å²) in [5, 5.41) is 2.82. The standard InChI is InChI=1S/C27H28F2N4O3/c1-16-4-5-19(32-26(34)17-6-7-30-24(11-17)27(2,28)29)12-21(16)18-10-22-25(31-14-18)23(35-3)13-20-15-36-9-8-33(20)22/h4-7,10-12,14,20,23H,8-9,13,15H2,1-3H3,(H,32,34)/t20-,23-/m0/s1. The van der Waals surface area contributed by atoms with Gasteiger partial charge in [0, 0.05) is 56.2 Å². The second-order valence-corrected chi connectivity index (χ2v) is 9.31. The van der Waals surface area contributed by atoms with Crippen molar-refractivity contribution >= 4 is 17.3 Å². The molecule has 7 nitrogen and oxygen atoms in total. The van der Waals surface area contributed by atoms with Gasteiger partial charge >= 0.3 is 0 Å². The van der Waals surface area contributed by atoms with Crippen molar-refractivity contribution < 1.29 is 23.0 Å². The Hall–Kier alpha value is -3.43. The molecule has 0 bridgehead atoms. The van der Waals surface area contributed by atoms with E-state index in [0.29, 0.717) is 18.9 Å². The highest BCUT2D eigenvalue weighted by Crippen LogP contribution is 2.41. The molecule has 0 radical (unpaired) electrons. The smallest absolute Gasteiger partial charge is 0.286 e. The van der Waals surface area contributed by atoms with Crippen molar-refractivity contribution in [2.45, 2.75) is 38.3 Å². The molecule has 188 valence electrons. The number of methoxy groups -OCH3 is 1. The lowest BCUT2D eigenvalue weighted by atomic mass is 9.93. The number of nitrogens with zero attached hydrogens (tertiary/aromatic N) is 3. The molecule has 0 saturated carbocycles. The summed E-state index contributed by atoms with van der Waals surface area (Å²) >= 11 is 0. The number of morpholine rings is 1. The van der Waals surface area contributed by atoms with Gasteiger partial charge < -0.3 is 19.7 Å². The summed E-state index contributed by atoms with van der Waals surface area (Å²) in [7, 11) is 1.70. The van der Waals surface area contributed by atoms with E-state index < -0.39 is 17.5 Å². The van der Waals surface area contributed by atoms with E-state index in [-0.39, 0.29) is 17.7 Å². The summed E-state index contributed by atoms with van der Waals surface area (Å²) in [5.41, 5.74) is 5.03. The van der Waals surface area contributed by atoms with Crippen LogP contribution >= 0.6 is 0 Å². The van der Waals surface area contributed by atoms with Crippen molar-refractivity contribution in [3.63, 3.8) is 0 Å². The molecule has 36 heavy (non-hydrogen) atoms. The predicted molar refractivity (Wildman–Crippen MR) is 132 cm³/mol. The van der Waals surface area contributed by atoms with E-state index in [4.69, 9.17) is 14.5 Å². The fourth-order valence-corrected chi connectivity index (χ4v) is 4.85. The summed E-state index contributed by atoms with van der Waals surface area (Å²) in [6.45, 7) is 4.86. The molecule has 1 N–H and O–H groups in total. The predicted octanol–water partition coefficient (Wildman–Crippen LogP) is 5.11. The quantitative estimate of drug-likeness (QED) is 0.531. The Morgan fingerprint density at radius 1 is 1.22 bits per heavy atom. The van der Waals surface area contributed by atoms with E-state index in [1.807, 2.05) is 25.3 Å². The second-order valence-electron chi connectivity index (χ2n) is 9.31. The van der Waals surface area contributed by atoms with Crippen LogP contribution in [0.25, 0.3) is 11.1 Å². The topological polar surface area (TPSA) is 76.6 Å². The Balaban J connectivity index is 1.45. The Bertz CT molecular complexity index is 1290. The first-order valence-corrected chi connectivity index (χ1v) is 11.9. The molecule has 1 fully saturated rings. The Morgan fingerprint density at radius 3 is 2.83 bits per heavy atom. The molecule has 1 amide bonds. The van der Waals surface area contributed by atoms with Crippen LogP contribution in [0.3, 0.4) is 0 Å². The number of halogens is 2. The number of fused-ring (bicyclic) bond motifs is 3. The van der Waals surface area contributed by atoms with Crippen LogP contribution < -0.4 is 10.2 Å². The first kappa shape index (κ1) is 24.3. The SMILES string of the molecule is CO[C@H]1C[C@H]2COCCN2c2cc(-c3cc(NC(=O)c4ccnc(C(C)(F)F)c4)ccc3C)cnc21. The minimum Gasteiger partial charge on any atom is -0.377 e. The van der Waals surface area contributed by atoms with Gasteiger partial charge in [-0.3, -0.25) is 14.8 Å².